The molecule has 0 saturated carbocycles. The molecule has 1 atom stereocenters. The van der Waals surface area contributed by atoms with Crippen molar-refractivity contribution in [2.24, 2.45) is 0 Å². The van der Waals surface area contributed by atoms with Crippen molar-refractivity contribution in [3.8, 4) is 11.5 Å². The van der Waals surface area contributed by atoms with Gasteiger partial charge in [0.15, 0.2) is 0 Å². The van der Waals surface area contributed by atoms with Gasteiger partial charge in [0.25, 0.3) is 5.91 Å². The number of morpholine rings is 1. The van der Waals surface area contributed by atoms with Crippen LogP contribution in [0.1, 0.15) is 10.4 Å². The number of ether oxygens (including phenoxy) is 2. The zero-order valence-corrected chi connectivity index (χ0v) is 10.7. The lowest BCUT2D eigenvalue weighted by Crippen LogP contribution is -2.46. The number of phenolic OH excluding ortho intramolecular Hbond substituents is 1. The van der Waals surface area contributed by atoms with Gasteiger partial charge in [-0.05, 0) is 18.2 Å². The Kier molecular flexibility index (Phi) is 4.24. The number of hydrogen-bond acceptors (Lipinski definition) is 5. The summed E-state index contributed by atoms with van der Waals surface area (Å²) in [5.74, 6) is 0.129. The minimum absolute atomic E-state index is 0.0853. The molecule has 1 aromatic carbocycles. The van der Waals surface area contributed by atoms with Gasteiger partial charge in [-0.25, -0.2) is 0 Å². The highest BCUT2D eigenvalue weighted by atomic mass is 16.5. The summed E-state index contributed by atoms with van der Waals surface area (Å²) in [6.45, 7) is 0.994. The highest BCUT2D eigenvalue weighted by Crippen LogP contribution is 2.24. The second-order valence-electron chi connectivity index (χ2n) is 4.31. The van der Waals surface area contributed by atoms with Crippen molar-refractivity contribution in [1.29, 1.82) is 0 Å². The zero-order valence-electron chi connectivity index (χ0n) is 10.7. The molecular weight excluding hydrogens is 250 g/mol. The number of aromatic hydroxyl groups is 1. The normalized spacial score (nSPS) is 19.3. The molecule has 0 radical (unpaired) electrons. The van der Waals surface area contributed by atoms with E-state index in [-0.39, 0.29) is 29.9 Å². The summed E-state index contributed by atoms with van der Waals surface area (Å²) in [7, 11) is 1.50. The zero-order chi connectivity index (χ0) is 13.8. The lowest BCUT2D eigenvalue weighted by Gasteiger charge is -2.32. The highest BCUT2D eigenvalue weighted by Gasteiger charge is 2.26. The number of nitrogens with zero attached hydrogens (tertiary/aromatic N) is 1. The van der Waals surface area contributed by atoms with E-state index in [1.54, 1.807) is 11.0 Å². The Labute approximate surface area is 111 Å². The number of hydrogen-bond donors (Lipinski definition) is 2. The smallest absolute Gasteiger partial charge is 0.257 e. The minimum Gasteiger partial charge on any atom is -0.507 e. The van der Waals surface area contributed by atoms with E-state index in [4.69, 9.17) is 14.6 Å². The highest BCUT2D eigenvalue weighted by molar-refractivity contribution is 5.97. The van der Waals surface area contributed by atoms with Gasteiger partial charge in [0, 0.05) is 13.1 Å². The van der Waals surface area contributed by atoms with E-state index < -0.39 is 0 Å². The Hall–Kier alpha value is -1.79. The summed E-state index contributed by atoms with van der Waals surface area (Å²) in [5.41, 5.74) is 0.193. The van der Waals surface area contributed by atoms with Crippen LogP contribution in [0.15, 0.2) is 18.2 Å². The minimum atomic E-state index is -0.370. The van der Waals surface area contributed by atoms with Crippen molar-refractivity contribution < 1.29 is 24.5 Å². The first-order valence-corrected chi connectivity index (χ1v) is 6.04. The van der Waals surface area contributed by atoms with Crippen LogP contribution in [0.4, 0.5) is 0 Å². The summed E-state index contributed by atoms with van der Waals surface area (Å²) in [6, 6.07) is 4.51. The fourth-order valence-electron chi connectivity index (χ4n) is 2.00. The Morgan fingerprint density at radius 2 is 2.37 bits per heavy atom. The molecule has 104 valence electrons. The molecular formula is C13H17NO5. The fraction of sp³-hybridized carbons (Fsp3) is 0.462. The van der Waals surface area contributed by atoms with E-state index in [9.17, 15) is 9.90 Å². The number of carbonyl (C=O) groups excluding carboxylic acids is 1. The maximum absolute atomic E-state index is 12.3. The van der Waals surface area contributed by atoms with Crippen LogP contribution in [0, 0.1) is 0 Å². The average Bonchev–Trinajstić information content (AvgIpc) is 2.47. The van der Waals surface area contributed by atoms with Crippen molar-refractivity contribution in [2.45, 2.75) is 6.10 Å². The monoisotopic (exact) mass is 267 g/mol. The Balaban J connectivity index is 2.18. The van der Waals surface area contributed by atoms with Crippen molar-refractivity contribution >= 4 is 5.91 Å². The molecule has 6 heteroatoms. The van der Waals surface area contributed by atoms with Crippen LogP contribution in [-0.2, 0) is 4.74 Å². The topological polar surface area (TPSA) is 79.2 Å². The van der Waals surface area contributed by atoms with Gasteiger partial charge < -0.3 is 24.6 Å². The maximum Gasteiger partial charge on any atom is 0.257 e. The molecule has 1 aromatic rings. The van der Waals surface area contributed by atoms with E-state index in [2.05, 4.69) is 0 Å². The molecule has 19 heavy (non-hydrogen) atoms. The average molecular weight is 267 g/mol. The molecule has 1 unspecified atom stereocenters. The van der Waals surface area contributed by atoms with Crippen LogP contribution < -0.4 is 4.74 Å². The molecule has 1 heterocycles. The second kappa shape index (κ2) is 5.90. The van der Waals surface area contributed by atoms with Crippen molar-refractivity contribution in [3.05, 3.63) is 23.8 Å². The molecule has 0 bridgehead atoms. The quantitative estimate of drug-likeness (QED) is 0.820. The van der Waals surface area contributed by atoms with Gasteiger partial charge in [0.1, 0.15) is 11.5 Å². The number of methoxy groups -OCH3 is 1. The van der Waals surface area contributed by atoms with Crippen LogP contribution >= 0.6 is 0 Å². The molecule has 1 aliphatic rings. The van der Waals surface area contributed by atoms with Gasteiger partial charge in [-0.15, -0.1) is 0 Å². The third-order valence-electron chi connectivity index (χ3n) is 3.06. The van der Waals surface area contributed by atoms with E-state index in [1.807, 2.05) is 0 Å². The van der Waals surface area contributed by atoms with Gasteiger partial charge in [-0.2, -0.15) is 0 Å². The third kappa shape index (κ3) is 2.97. The standard InChI is InChI=1S/C13H17NO5/c1-18-9-2-3-12(16)11(6-9)13(17)14-4-5-19-10(7-14)8-15/h2-3,6,10,15-16H,4-5,7-8H2,1H3. The number of aliphatic hydroxyl groups excluding tert-OH is 1. The molecule has 1 fully saturated rings. The first kappa shape index (κ1) is 13.6. The number of benzene rings is 1. The molecule has 2 N–H and O–H groups in total. The van der Waals surface area contributed by atoms with Crippen LogP contribution in [0.5, 0.6) is 11.5 Å². The van der Waals surface area contributed by atoms with E-state index in [0.717, 1.165) is 0 Å². The van der Waals surface area contributed by atoms with Crippen molar-refractivity contribution in [2.75, 3.05) is 33.4 Å². The summed E-state index contributed by atoms with van der Waals surface area (Å²) in [4.78, 5) is 13.9. The molecule has 0 spiro atoms. The Bertz CT molecular complexity index is 462. The lowest BCUT2D eigenvalue weighted by atomic mass is 10.1. The van der Waals surface area contributed by atoms with Crippen LogP contribution in [0.3, 0.4) is 0 Å². The van der Waals surface area contributed by atoms with Crippen molar-refractivity contribution in [1.82, 2.24) is 4.90 Å². The Morgan fingerprint density at radius 1 is 1.58 bits per heavy atom. The predicted molar refractivity (Wildman–Crippen MR) is 67.4 cm³/mol. The maximum atomic E-state index is 12.3. The third-order valence-corrected chi connectivity index (χ3v) is 3.06. The van der Waals surface area contributed by atoms with Gasteiger partial charge in [0.05, 0.1) is 32.0 Å². The molecule has 6 nitrogen and oxygen atoms in total. The molecule has 2 rings (SSSR count). The molecule has 0 aromatic heterocycles. The number of phenols is 1. The number of amides is 1. The molecule has 1 aliphatic heterocycles. The van der Waals surface area contributed by atoms with Crippen LogP contribution in [-0.4, -0.2) is 60.5 Å². The number of carbonyl (C=O) groups is 1. The Morgan fingerprint density at radius 3 is 3.05 bits per heavy atom. The summed E-state index contributed by atoms with van der Waals surface area (Å²) < 4.78 is 10.3. The van der Waals surface area contributed by atoms with Gasteiger partial charge in [0.2, 0.25) is 0 Å². The van der Waals surface area contributed by atoms with Crippen LogP contribution in [0.25, 0.3) is 0 Å². The lowest BCUT2D eigenvalue weighted by molar-refractivity contribution is -0.0447. The van der Waals surface area contributed by atoms with Crippen LogP contribution in [0.2, 0.25) is 0 Å². The first-order valence-electron chi connectivity index (χ1n) is 6.04. The van der Waals surface area contributed by atoms with E-state index >= 15 is 0 Å². The number of rotatable bonds is 3. The molecule has 1 saturated heterocycles. The van der Waals surface area contributed by atoms with E-state index in [0.29, 0.717) is 25.4 Å². The largest absolute Gasteiger partial charge is 0.507 e. The first-order chi connectivity index (χ1) is 9.15. The SMILES string of the molecule is COc1ccc(O)c(C(=O)N2CCOC(CO)C2)c1. The van der Waals surface area contributed by atoms with Crippen molar-refractivity contribution in [3.63, 3.8) is 0 Å². The second-order valence-corrected chi connectivity index (χ2v) is 4.31. The van der Waals surface area contributed by atoms with E-state index in [1.165, 1.54) is 19.2 Å². The predicted octanol–water partition coefficient (Wildman–Crippen LogP) is 0.234. The van der Waals surface area contributed by atoms with Gasteiger partial charge in [-0.1, -0.05) is 0 Å². The number of aliphatic hydroxyl groups is 1. The molecule has 1 amide bonds. The molecule has 0 aliphatic carbocycles. The van der Waals surface area contributed by atoms with Gasteiger partial charge >= 0.3 is 0 Å². The summed E-state index contributed by atoms with van der Waals surface area (Å²) in [6.07, 6.45) is -0.370. The fourth-order valence-corrected chi connectivity index (χ4v) is 2.00. The summed E-state index contributed by atoms with van der Waals surface area (Å²) >= 11 is 0. The van der Waals surface area contributed by atoms with Gasteiger partial charge in [-0.3, -0.25) is 4.79 Å². The summed E-state index contributed by atoms with van der Waals surface area (Å²) in [5, 5.41) is 18.8.